The molecular weight excluding hydrogens is 244 g/mol. The Morgan fingerprint density at radius 1 is 1.11 bits per heavy atom. The van der Waals surface area contributed by atoms with Gasteiger partial charge in [0, 0.05) is 5.56 Å². The van der Waals surface area contributed by atoms with Crippen molar-refractivity contribution in [3.8, 4) is 0 Å². The van der Waals surface area contributed by atoms with Gasteiger partial charge < -0.3 is 0 Å². The molecule has 0 radical (unpaired) electrons. The molecule has 0 N–H and O–H groups in total. The highest BCUT2D eigenvalue weighted by Crippen LogP contribution is 2.18. The molecule has 0 saturated heterocycles. The average Bonchev–Trinajstić information content (AvgIpc) is 2.37. The summed E-state index contributed by atoms with van der Waals surface area (Å²) in [6.07, 6.45) is 3.34. The predicted octanol–water partition coefficient (Wildman–Crippen LogP) is 4.54. The average molecular weight is 257 g/mol. The minimum atomic E-state index is -0.0798. The first kappa shape index (κ1) is 12.6. The van der Waals surface area contributed by atoms with Gasteiger partial charge in [0.25, 0.3) is 0 Å². The first-order valence-electron chi connectivity index (χ1n) is 5.70. The van der Waals surface area contributed by atoms with Crippen LogP contribution >= 0.6 is 11.6 Å². The number of allylic oxidation sites excluding steroid dienone is 1. The summed E-state index contributed by atoms with van der Waals surface area (Å²) >= 11 is 6.05. The van der Waals surface area contributed by atoms with Gasteiger partial charge in [0.1, 0.15) is 0 Å². The molecule has 2 aromatic carbocycles. The van der Waals surface area contributed by atoms with E-state index >= 15 is 0 Å². The summed E-state index contributed by atoms with van der Waals surface area (Å²) in [4.78, 5) is 12.0. The molecule has 2 aromatic rings. The highest BCUT2D eigenvalue weighted by atomic mass is 35.5. The first-order valence-corrected chi connectivity index (χ1v) is 6.08. The zero-order valence-corrected chi connectivity index (χ0v) is 10.8. The maximum atomic E-state index is 12.0. The van der Waals surface area contributed by atoms with Crippen LogP contribution in [0.15, 0.2) is 54.6 Å². The Labute approximate surface area is 112 Å². The normalized spacial score (nSPS) is 10.8. The molecule has 0 heterocycles. The van der Waals surface area contributed by atoms with Crippen LogP contribution in [-0.4, -0.2) is 5.78 Å². The van der Waals surface area contributed by atoms with Crippen molar-refractivity contribution < 1.29 is 4.79 Å². The standard InChI is InChI=1S/C16H13ClO/c1-12-7-9-14(15(17)11-12)16(18)10-8-13-5-3-2-4-6-13/h2-11H,1H3. The molecule has 0 bridgehead atoms. The fourth-order valence-corrected chi connectivity index (χ4v) is 1.97. The van der Waals surface area contributed by atoms with Gasteiger partial charge in [0.15, 0.2) is 5.78 Å². The summed E-state index contributed by atoms with van der Waals surface area (Å²) in [5.41, 5.74) is 2.58. The second-order valence-electron chi connectivity index (χ2n) is 4.09. The number of rotatable bonds is 3. The molecule has 1 nitrogen and oxygen atoms in total. The SMILES string of the molecule is Cc1ccc(C(=O)C=Cc2ccccc2)c(Cl)c1. The van der Waals surface area contributed by atoms with E-state index in [1.54, 1.807) is 24.3 Å². The largest absolute Gasteiger partial charge is 0.289 e. The van der Waals surface area contributed by atoms with E-state index in [1.807, 2.05) is 43.3 Å². The quantitative estimate of drug-likeness (QED) is 0.582. The summed E-state index contributed by atoms with van der Waals surface area (Å²) < 4.78 is 0. The maximum Gasteiger partial charge on any atom is 0.187 e. The van der Waals surface area contributed by atoms with Crippen molar-refractivity contribution in [2.24, 2.45) is 0 Å². The van der Waals surface area contributed by atoms with Gasteiger partial charge in [-0.25, -0.2) is 0 Å². The van der Waals surface area contributed by atoms with Crippen LogP contribution in [0.5, 0.6) is 0 Å². The van der Waals surface area contributed by atoms with E-state index in [0.29, 0.717) is 10.6 Å². The number of halogens is 1. The fourth-order valence-electron chi connectivity index (χ4n) is 1.65. The van der Waals surface area contributed by atoms with Crippen molar-refractivity contribution in [2.75, 3.05) is 0 Å². The van der Waals surface area contributed by atoms with Crippen LogP contribution in [0.25, 0.3) is 6.08 Å². The van der Waals surface area contributed by atoms with Crippen LogP contribution in [0, 0.1) is 6.92 Å². The van der Waals surface area contributed by atoms with Crippen molar-refractivity contribution in [2.45, 2.75) is 6.92 Å². The summed E-state index contributed by atoms with van der Waals surface area (Å²) in [6, 6.07) is 15.1. The number of hydrogen-bond acceptors (Lipinski definition) is 1. The lowest BCUT2D eigenvalue weighted by Crippen LogP contribution is -1.95. The van der Waals surface area contributed by atoms with Crippen molar-refractivity contribution in [3.05, 3.63) is 76.3 Å². The lowest BCUT2D eigenvalue weighted by Gasteiger charge is -2.01. The third-order valence-electron chi connectivity index (χ3n) is 2.62. The van der Waals surface area contributed by atoms with Gasteiger partial charge in [-0.15, -0.1) is 0 Å². The minimum Gasteiger partial charge on any atom is -0.289 e. The second kappa shape index (κ2) is 5.65. The fraction of sp³-hybridized carbons (Fsp3) is 0.0625. The maximum absolute atomic E-state index is 12.0. The number of ketones is 1. The third kappa shape index (κ3) is 3.08. The van der Waals surface area contributed by atoms with Crippen LogP contribution in [0.1, 0.15) is 21.5 Å². The Kier molecular flexibility index (Phi) is 3.96. The molecule has 2 heteroatoms. The minimum absolute atomic E-state index is 0.0798. The molecule has 0 spiro atoms. The monoisotopic (exact) mass is 256 g/mol. The van der Waals surface area contributed by atoms with Crippen molar-refractivity contribution >= 4 is 23.5 Å². The van der Waals surface area contributed by atoms with Gasteiger partial charge in [-0.3, -0.25) is 4.79 Å². The van der Waals surface area contributed by atoms with Crippen molar-refractivity contribution in [1.29, 1.82) is 0 Å². The number of benzene rings is 2. The van der Waals surface area contributed by atoms with Crippen molar-refractivity contribution in [1.82, 2.24) is 0 Å². The van der Waals surface area contributed by atoms with Gasteiger partial charge in [0.05, 0.1) is 5.02 Å². The van der Waals surface area contributed by atoms with E-state index in [2.05, 4.69) is 0 Å². The van der Waals surface area contributed by atoms with E-state index in [1.165, 1.54) is 0 Å². The molecule has 0 unspecified atom stereocenters. The van der Waals surface area contributed by atoms with Crippen LogP contribution < -0.4 is 0 Å². The van der Waals surface area contributed by atoms with Gasteiger partial charge >= 0.3 is 0 Å². The summed E-state index contributed by atoms with van der Waals surface area (Å²) in [6.45, 7) is 1.94. The topological polar surface area (TPSA) is 17.1 Å². The van der Waals surface area contributed by atoms with Crippen LogP contribution in [-0.2, 0) is 0 Å². The molecule has 0 aromatic heterocycles. The molecule has 18 heavy (non-hydrogen) atoms. The van der Waals surface area contributed by atoms with Gasteiger partial charge in [-0.05, 0) is 36.3 Å². The molecule has 90 valence electrons. The molecule has 2 rings (SSSR count). The Morgan fingerprint density at radius 2 is 1.83 bits per heavy atom. The lowest BCUT2D eigenvalue weighted by molar-refractivity contribution is 0.104. The molecule has 0 saturated carbocycles. The highest BCUT2D eigenvalue weighted by Gasteiger charge is 2.06. The Hall–Kier alpha value is -1.86. The molecule has 0 atom stereocenters. The van der Waals surface area contributed by atoms with Crippen LogP contribution in [0.2, 0.25) is 5.02 Å². The van der Waals surface area contributed by atoms with E-state index in [-0.39, 0.29) is 5.78 Å². The summed E-state index contributed by atoms with van der Waals surface area (Å²) in [5, 5.41) is 0.498. The second-order valence-corrected chi connectivity index (χ2v) is 4.50. The number of carbonyl (C=O) groups is 1. The zero-order chi connectivity index (χ0) is 13.0. The molecule has 0 aliphatic heterocycles. The lowest BCUT2D eigenvalue weighted by atomic mass is 10.1. The number of hydrogen-bond donors (Lipinski definition) is 0. The smallest absolute Gasteiger partial charge is 0.187 e. The molecule has 0 aliphatic rings. The first-order chi connectivity index (χ1) is 8.66. The van der Waals surface area contributed by atoms with Gasteiger partial charge in [-0.2, -0.15) is 0 Å². The Bertz CT molecular complexity index is 585. The van der Waals surface area contributed by atoms with E-state index < -0.39 is 0 Å². The zero-order valence-electron chi connectivity index (χ0n) is 10.1. The number of carbonyl (C=O) groups excluding carboxylic acids is 1. The predicted molar refractivity (Wildman–Crippen MR) is 76.0 cm³/mol. The van der Waals surface area contributed by atoms with Crippen LogP contribution in [0.4, 0.5) is 0 Å². The molecular formula is C16H13ClO. The summed E-state index contributed by atoms with van der Waals surface area (Å²) in [5.74, 6) is -0.0798. The number of aryl methyl sites for hydroxylation is 1. The van der Waals surface area contributed by atoms with E-state index in [4.69, 9.17) is 11.6 Å². The van der Waals surface area contributed by atoms with Crippen LogP contribution in [0.3, 0.4) is 0 Å². The third-order valence-corrected chi connectivity index (χ3v) is 2.93. The Morgan fingerprint density at radius 3 is 2.50 bits per heavy atom. The van der Waals surface area contributed by atoms with E-state index in [9.17, 15) is 4.79 Å². The summed E-state index contributed by atoms with van der Waals surface area (Å²) in [7, 11) is 0. The van der Waals surface area contributed by atoms with Crippen molar-refractivity contribution in [3.63, 3.8) is 0 Å². The molecule has 0 aliphatic carbocycles. The Balaban J connectivity index is 2.20. The van der Waals surface area contributed by atoms with Gasteiger partial charge in [-0.1, -0.05) is 54.1 Å². The molecule has 0 fully saturated rings. The van der Waals surface area contributed by atoms with Gasteiger partial charge in [0.2, 0.25) is 0 Å². The van der Waals surface area contributed by atoms with E-state index in [0.717, 1.165) is 11.1 Å². The highest BCUT2D eigenvalue weighted by molar-refractivity contribution is 6.34. The molecule has 0 amide bonds.